The Bertz CT molecular complexity index is 197. The lowest BCUT2D eigenvalue weighted by Crippen LogP contribution is -2.13. The number of hydrogen-bond donors (Lipinski definition) is 2. The van der Waals surface area contributed by atoms with Crippen molar-refractivity contribution in [2.45, 2.75) is 46.0 Å². The minimum absolute atomic E-state index is 0.00227. The number of aliphatic carboxylic acids is 1. The van der Waals surface area contributed by atoms with Gasteiger partial charge in [-0.1, -0.05) is 33.1 Å². The average molecular weight is 200 g/mol. The number of carboxylic acids is 1. The smallest absolute Gasteiger partial charge is 0.334 e. The van der Waals surface area contributed by atoms with E-state index in [0.717, 1.165) is 38.4 Å². The van der Waals surface area contributed by atoms with Crippen LogP contribution in [0.15, 0.2) is 11.8 Å². The molecule has 0 amide bonds. The standard InChI is InChI=1S/C11H20O3/c1-3-5-7-9(6-4-2)10(8-12)11(13)14/h8-9,12H,3-7H2,1-2H3,(H,13,14). The highest BCUT2D eigenvalue weighted by Gasteiger charge is 2.19. The molecule has 0 radical (unpaired) electrons. The van der Waals surface area contributed by atoms with Gasteiger partial charge in [-0.3, -0.25) is 0 Å². The number of aliphatic hydroxyl groups excluding tert-OH is 1. The molecule has 0 aliphatic heterocycles. The summed E-state index contributed by atoms with van der Waals surface area (Å²) in [7, 11) is 0. The molecule has 0 heterocycles. The molecule has 2 N–H and O–H groups in total. The average Bonchev–Trinajstić information content (AvgIpc) is 2.14. The summed E-state index contributed by atoms with van der Waals surface area (Å²) in [5.41, 5.74) is 0.153. The Kier molecular flexibility index (Phi) is 6.89. The molecular weight excluding hydrogens is 180 g/mol. The van der Waals surface area contributed by atoms with Crippen LogP contribution >= 0.6 is 0 Å². The highest BCUT2D eigenvalue weighted by atomic mass is 16.4. The van der Waals surface area contributed by atoms with Crippen molar-refractivity contribution in [2.24, 2.45) is 5.92 Å². The molecule has 14 heavy (non-hydrogen) atoms. The molecule has 3 heteroatoms. The lowest BCUT2D eigenvalue weighted by atomic mass is 9.90. The van der Waals surface area contributed by atoms with Gasteiger partial charge in [0.05, 0.1) is 11.8 Å². The zero-order chi connectivity index (χ0) is 11.0. The molecule has 0 rings (SSSR count). The van der Waals surface area contributed by atoms with E-state index in [1.165, 1.54) is 0 Å². The molecule has 0 aliphatic rings. The van der Waals surface area contributed by atoms with Crippen molar-refractivity contribution in [3.05, 3.63) is 11.8 Å². The fraction of sp³-hybridized carbons (Fsp3) is 0.727. The Morgan fingerprint density at radius 3 is 2.29 bits per heavy atom. The van der Waals surface area contributed by atoms with E-state index >= 15 is 0 Å². The van der Waals surface area contributed by atoms with Gasteiger partial charge in [0.25, 0.3) is 0 Å². The van der Waals surface area contributed by atoms with E-state index in [-0.39, 0.29) is 11.5 Å². The first kappa shape index (κ1) is 13.0. The van der Waals surface area contributed by atoms with Gasteiger partial charge in [-0.2, -0.15) is 0 Å². The summed E-state index contributed by atoms with van der Waals surface area (Å²) in [5, 5.41) is 17.7. The monoisotopic (exact) mass is 200 g/mol. The summed E-state index contributed by atoms with van der Waals surface area (Å²) in [6.45, 7) is 4.10. The van der Waals surface area contributed by atoms with Crippen molar-refractivity contribution in [2.75, 3.05) is 0 Å². The number of carbonyl (C=O) groups is 1. The fourth-order valence-corrected chi connectivity index (χ4v) is 1.59. The van der Waals surface area contributed by atoms with Crippen molar-refractivity contribution >= 4 is 5.97 Å². The maximum Gasteiger partial charge on any atom is 0.334 e. The van der Waals surface area contributed by atoms with Crippen LogP contribution in [0.1, 0.15) is 46.0 Å². The Morgan fingerprint density at radius 1 is 1.29 bits per heavy atom. The second-order valence-corrected chi connectivity index (χ2v) is 3.52. The molecule has 0 saturated carbocycles. The minimum Gasteiger partial charge on any atom is -0.515 e. The zero-order valence-corrected chi connectivity index (χ0v) is 8.99. The van der Waals surface area contributed by atoms with Crippen LogP contribution in [0.2, 0.25) is 0 Å². The quantitative estimate of drug-likeness (QED) is 0.490. The van der Waals surface area contributed by atoms with Gasteiger partial charge in [-0.15, -0.1) is 0 Å². The normalized spacial score (nSPS) is 14.0. The summed E-state index contributed by atoms with van der Waals surface area (Å²) in [6, 6.07) is 0. The molecule has 0 saturated heterocycles. The van der Waals surface area contributed by atoms with E-state index in [2.05, 4.69) is 6.92 Å². The second-order valence-electron chi connectivity index (χ2n) is 3.52. The number of carboxylic acid groups (broad SMARTS) is 1. The summed E-state index contributed by atoms with van der Waals surface area (Å²) in [4.78, 5) is 10.8. The largest absolute Gasteiger partial charge is 0.515 e. The number of aliphatic hydroxyl groups is 1. The molecule has 0 aliphatic carbocycles. The highest BCUT2D eigenvalue weighted by Crippen LogP contribution is 2.23. The highest BCUT2D eigenvalue weighted by molar-refractivity contribution is 5.86. The number of rotatable bonds is 7. The first-order chi connectivity index (χ1) is 6.67. The van der Waals surface area contributed by atoms with Gasteiger partial charge in [-0.05, 0) is 18.8 Å². The molecule has 82 valence electrons. The fourth-order valence-electron chi connectivity index (χ4n) is 1.59. The van der Waals surface area contributed by atoms with Crippen molar-refractivity contribution in [3.63, 3.8) is 0 Å². The van der Waals surface area contributed by atoms with Gasteiger partial charge in [0.1, 0.15) is 0 Å². The molecule has 1 atom stereocenters. The lowest BCUT2D eigenvalue weighted by Gasteiger charge is -2.15. The lowest BCUT2D eigenvalue weighted by molar-refractivity contribution is -0.133. The maximum atomic E-state index is 10.8. The SMILES string of the molecule is CCCCC(CCC)C(=CO)C(=O)O. The van der Waals surface area contributed by atoms with Crippen LogP contribution in [0.25, 0.3) is 0 Å². The first-order valence-electron chi connectivity index (χ1n) is 5.24. The maximum absolute atomic E-state index is 10.8. The van der Waals surface area contributed by atoms with Crippen LogP contribution < -0.4 is 0 Å². The van der Waals surface area contributed by atoms with E-state index in [0.29, 0.717) is 0 Å². The third-order valence-electron chi connectivity index (χ3n) is 2.37. The number of hydrogen-bond acceptors (Lipinski definition) is 2. The predicted molar refractivity (Wildman–Crippen MR) is 56.3 cm³/mol. The van der Waals surface area contributed by atoms with E-state index in [1.807, 2.05) is 6.92 Å². The molecule has 0 bridgehead atoms. The van der Waals surface area contributed by atoms with Crippen molar-refractivity contribution in [1.29, 1.82) is 0 Å². The van der Waals surface area contributed by atoms with E-state index in [1.54, 1.807) is 0 Å². The minimum atomic E-state index is -0.998. The summed E-state index contributed by atoms with van der Waals surface area (Å²) in [6.07, 6.45) is 5.44. The van der Waals surface area contributed by atoms with Gasteiger partial charge >= 0.3 is 5.97 Å². The Balaban J connectivity index is 4.36. The summed E-state index contributed by atoms with van der Waals surface area (Å²) < 4.78 is 0. The Labute approximate surface area is 85.4 Å². The molecule has 0 aromatic carbocycles. The van der Waals surface area contributed by atoms with Crippen molar-refractivity contribution in [3.8, 4) is 0 Å². The van der Waals surface area contributed by atoms with Gasteiger partial charge in [-0.25, -0.2) is 4.79 Å². The van der Waals surface area contributed by atoms with Crippen LogP contribution in [0.3, 0.4) is 0 Å². The van der Waals surface area contributed by atoms with Crippen LogP contribution in [0.5, 0.6) is 0 Å². The van der Waals surface area contributed by atoms with E-state index in [4.69, 9.17) is 10.2 Å². The molecule has 3 nitrogen and oxygen atoms in total. The van der Waals surface area contributed by atoms with Crippen molar-refractivity contribution < 1.29 is 15.0 Å². The third kappa shape index (κ3) is 4.30. The predicted octanol–water partition coefficient (Wildman–Crippen LogP) is 3.12. The van der Waals surface area contributed by atoms with Gasteiger partial charge < -0.3 is 10.2 Å². The Morgan fingerprint density at radius 2 is 1.93 bits per heavy atom. The van der Waals surface area contributed by atoms with Crippen LogP contribution in [0, 0.1) is 5.92 Å². The molecule has 0 spiro atoms. The van der Waals surface area contributed by atoms with E-state index < -0.39 is 5.97 Å². The summed E-state index contributed by atoms with van der Waals surface area (Å²) >= 11 is 0. The van der Waals surface area contributed by atoms with Crippen molar-refractivity contribution in [1.82, 2.24) is 0 Å². The molecule has 0 aromatic heterocycles. The Hall–Kier alpha value is -0.990. The van der Waals surface area contributed by atoms with Gasteiger partial charge in [0.15, 0.2) is 0 Å². The van der Waals surface area contributed by atoms with Gasteiger partial charge in [0, 0.05) is 0 Å². The molecule has 0 fully saturated rings. The molecule has 1 unspecified atom stereocenters. The topological polar surface area (TPSA) is 57.5 Å². The van der Waals surface area contributed by atoms with Crippen LogP contribution in [0.4, 0.5) is 0 Å². The van der Waals surface area contributed by atoms with Crippen LogP contribution in [-0.4, -0.2) is 16.2 Å². The molecule has 0 aromatic rings. The second kappa shape index (κ2) is 7.42. The third-order valence-corrected chi connectivity index (χ3v) is 2.37. The van der Waals surface area contributed by atoms with Gasteiger partial charge in [0.2, 0.25) is 0 Å². The van der Waals surface area contributed by atoms with Crippen LogP contribution in [-0.2, 0) is 4.79 Å². The number of unbranched alkanes of at least 4 members (excludes halogenated alkanes) is 1. The molecular formula is C11H20O3. The van der Waals surface area contributed by atoms with E-state index in [9.17, 15) is 4.79 Å². The zero-order valence-electron chi connectivity index (χ0n) is 8.99. The summed E-state index contributed by atoms with van der Waals surface area (Å²) in [5.74, 6) is -0.996. The first-order valence-corrected chi connectivity index (χ1v) is 5.24.